The minimum absolute atomic E-state index is 0.171. The highest BCUT2D eigenvalue weighted by molar-refractivity contribution is 5.97. The molecule has 0 atom stereocenters. The summed E-state index contributed by atoms with van der Waals surface area (Å²) < 4.78 is 88.3. The maximum absolute atomic E-state index is 13.8. The lowest BCUT2D eigenvalue weighted by Gasteiger charge is -2.21. The van der Waals surface area contributed by atoms with Gasteiger partial charge >= 0.3 is 12.4 Å². The quantitative estimate of drug-likeness (QED) is 0.385. The Bertz CT molecular complexity index is 1190. The fourth-order valence-electron chi connectivity index (χ4n) is 3.56. The van der Waals surface area contributed by atoms with Crippen LogP contribution in [0.1, 0.15) is 43.4 Å². The van der Waals surface area contributed by atoms with Crippen molar-refractivity contribution in [1.29, 1.82) is 0 Å². The molecule has 176 valence electrons. The van der Waals surface area contributed by atoms with Crippen LogP contribution in [0.15, 0.2) is 36.5 Å². The Morgan fingerprint density at radius 2 is 1.67 bits per heavy atom. The first-order valence-electron chi connectivity index (χ1n) is 10.2. The molecule has 0 saturated heterocycles. The van der Waals surface area contributed by atoms with Crippen molar-refractivity contribution in [3.63, 3.8) is 0 Å². The molecule has 33 heavy (non-hydrogen) atoms. The Balaban J connectivity index is 1.82. The van der Waals surface area contributed by atoms with E-state index >= 15 is 0 Å². The van der Waals surface area contributed by atoms with Gasteiger partial charge in [-0.2, -0.15) is 26.3 Å². The van der Waals surface area contributed by atoms with E-state index in [-0.39, 0.29) is 5.75 Å². The first kappa shape index (κ1) is 23.0. The Morgan fingerprint density at radius 3 is 2.18 bits per heavy atom. The minimum atomic E-state index is -5.16. The Morgan fingerprint density at radius 1 is 1.06 bits per heavy atom. The van der Waals surface area contributed by atoms with Crippen molar-refractivity contribution in [1.82, 2.24) is 4.98 Å². The van der Waals surface area contributed by atoms with Crippen LogP contribution in [0.2, 0.25) is 0 Å². The molecule has 0 unspecified atom stereocenters. The third-order valence-electron chi connectivity index (χ3n) is 5.85. The van der Waals surface area contributed by atoms with Gasteiger partial charge in [-0.05, 0) is 55.2 Å². The highest BCUT2D eigenvalue weighted by Gasteiger charge is 2.46. The van der Waals surface area contributed by atoms with Gasteiger partial charge in [0.1, 0.15) is 16.9 Å². The van der Waals surface area contributed by atoms with Crippen molar-refractivity contribution in [2.24, 2.45) is 5.41 Å². The monoisotopic (exact) mass is 470 g/mol. The predicted octanol–water partition coefficient (Wildman–Crippen LogP) is 7.30. The van der Waals surface area contributed by atoms with Gasteiger partial charge in [-0.1, -0.05) is 13.8 Å². The molecule has 0 spiro atoms. The molecular weight excluding hydrogens is 450 g/mol. The number of benzene rings is 2. The average Bonchev–Trinajstić information content (AvgIpc) is 3.34. The molecule has 1 aromatic heterocycles. The van der Waals surface area contributed by atoms with Gasteiger partial charge in [-0.15, -0.1) is 0 Å². The van der Waals surface area contributed by atoms with Crippen LogP contribution in [0.3, 0.4) is 0 Å². The zero-order valence-electron chi connectivity index (χ0n) is 17.7. The van der Waals surface area contributed by atoms with Crippen LogP contribution >= 0.6 is 0 Å². The molecule has 4 rings (SSSR count). The standard InChI is InChI=1S/C23H20F6N2O2/c1-3-12-11-30-18-5-4-14(10-15(12)18)33-19-16(22(24,25)26)8-13(9-17(19)23(27,28)29)31-20(32)21(2)6-7-21/h4-5,8-11,30H,3,6-7H2,1-2H3,(H,31,32). The topological polar surface area (TPSA) is 54.1 Å². The molecule has 2 aromatic carbocycles. The van der Waals surface area contributed by atoms with Crippen LogP contribution in [0.25, 0.3) is 10.9 Å². The third-order valence-corrected chi connectivity index (χ3v) is 5.85. The van der Waals surface area contributed by atoms with E-state index in [2.05, 4.69) is 10.3 Å². The number of anilines is 1. The number of carbonyl (C=O) groups excluding carboxylic acids is 1. The van der Waals surface area contributed by atoms with Crippen LogP contribution in [0.5, 0.6) is 11.5 Å². The van der Waals surface area contributed by atoms with E-state index in [4.69, 9.17) is 4.74 Å². The van der Waals surface area contributed by atoms with Gasteiger partial charge in [0.05, 0.1) is 0 Å². The van der Waals surface area contributed by atoms with Crippen molar-refractivity contribution in [3.8, 4) is 11.5 Å². The summed E-state index contributed by atoms with van der Waals surface area (Å²) in [7, 11) is 0. The number of carbonyl (C=O) groups is 1. The van der Waals surface area contributed by atoms with Gasteiger partial charge in [-0.3, -0.25) is 4.79 Å². The maximum atomic E-state index is 13.8. The zero-order chi connectivity index (χ0) is 24.2. The minimum Gasteiger partial charge on any atom is -0.456 e. The fourth-order valence-corrected chi connectivity index (χ4v) is 3.56. The summed E-state index contributed by atoms with van der Waals surface area (Å²) in [5.74, 6) is -2.16. The fraction of sp³-hybridized carbons (Fsp3) is 0.348. The lowest BCUT2D eigenvalue weighted by atomic mass is 10.0. The predicted molar refractivity (Wildman–Crippen MR) is 110 cm³/mol. The number of hydrogen-bond donors (Lipinski definition) is 2. The Labute approximate surface area is 184 Å². The summed E-state index contributed by atoms with van der Waals surface area (Å²) in [6.45, 7) is 3.46. The molecular formula is C23H20F6N2O2. The van der Waals surface area contributed by atoms with Gasteiger partial charge in [0.2, 0.25) is 5.91 Å². The van der Waals surface area contributed by atoms with Crippen molar-refractivity contribution < 1.29 is 35.9 Å². The van der Waals surface area contributed by atoms with Crippen LogP contribution in [0.4, 0.5) is 32.0 Å². The Kier molecular flexibility index (Phi) is 5.37. The van der Waals surface area contributed by atoms with Crippen molar-refractivity contribution >= 4 is 22.5 Å². The molecule has 1 saturated carbocycles. The molecule has 1 amide bonds. The number of aromatic amines is 1. The zero-order valence-corrected chi connectivity index (χ0v) is 17.7. The van der Waals surface area contributed by atoms with E-state index in [0.717, 1.165) is 5.56 Å². The van der Waals surface area contributed by atoms with Crippen molar-refractivity contribution in [2.45, 2.75) is 45.5 Å². The molecule has 1 aliphatic rings. The molecule has 1 aliphatic carbocycles. The number of fused-ring (bicyclic) bond motifs is 1. The molecule has 0 aliphatic heterocycles. The summed E-state index contributed by atoms with van der Waals surface area (Å²) in [4.78, 5) is 15.2. The SMILES string of the molecule is CCc1c[nH]c2ccc(Oc3c(C(F)(F)F)cc(NC(=O)C4(C)CC4)cc3C(F)(F)F)cc12. The number of alkyl halides is 6. The van der Waals surface area contributed by atoms with E-state index in [9.17, 15) is 31.1 Å². The number of rotatable bonds is 5. The third kappa shape index (κ3) is 4.51. The molecule has 1 fully saturated rings. The van der Waals surface area contributed by atoms with E-state index in [1.54, 1.807) is 13.1 Å². The van der Waals surface area contributed by atoms with E-state index in [0.29, 0.717) is 42.3 Å². The molecule has 0 radical (unpaired) electrons. The number of halogens is 6. The smallest absolute Gasteiger partial charge is 0.420 e. The normalized spacial score (nSPS) is 15.5. The highest BCUT2D eigenvalue weighted by atomic mass is 19.4. The van der Waals surface area contributed by atoms with Crippen LogP contribution in [0, 0.1) is 5.41 Å². The Hall–Kier alpha value is -3.17. The van der Waals surface area contributed by atoms with Gasteiger partial charge in [0.25, 0.3) is 0 Å². The largest absolute Gasteiger partial charge is 0.456 e. The second-order valence-corrected chi connectivity index (χ2v) is 8.39. The lowest BCUT2D eigenvalue weighted by molar-refractivity contribution is -0.145. The average molecular weight is 470 g/mol. The van der Waals surface area contributed by atoms with Crippen molar-refractivity contribution in [2.75, 3.05) is 5.32 Å². The molecule has 3 aromatic rings. The summed E-state index contributed by atoms with van der Waals surface area (Å²) in [5.41, 5.74) is -3.10. The summed E-state index contributed by atoms with van der Waals surface area (Å²) >= 11 is 0. The summed E-state index contributed by atoms with van der Waals surface area (Å²) in [6.07, 6.45) is -6.97. The van der Waals surface area contributed by atoms with E-state index < -0.39 is 46.2 Å². The number of aryl methyl sites for hydroxylation is 1. The first-order valence-corrected chi connectivity index (χ1v) is 10.2. The van der Waals surface area contributed by atoms with Gasteiger partial charge < -0.3 is 15.0 Å². The van der Waals surface area contributed by atoms with E-state index in [1.165, 1.54) is 18.2 Å². The van der Waals surface area contributed by atoms with Crippen LogP contribution < -0.4 is 10.1 Å². The van der Waals surface area contributed by atoms with Gasteiger partial charge in [0, 0.05) is 28.2 Å². The number of nitrogens with one attached hydrogen (secondary N) is 2. The molecule has 4 nitrogen and oxygen atoms in total. The maximum Gasteiger partial charge on any atom is 0.420 e. The van der Waals surface area contributed by atoms with Gasteiger partial charge in [-0.25, -0.2) is 0 Å². The van der Waals surface area contributed by atoms with Crippen LogP contribution in [-0.4, -0.2) is 10.9 Å². The number of aromatic nitrogens is 1. The van der Waals surface area contributed by atoms with Gasteiger partial charge in [0.15, 0.2) is 5.75 Å². The van der Waals surface area contributed by atoms with E-state index in [1.807, 2.05) is 6.92 Å². The lowest BCUT2D eigenvalue weighted by Crippen LogP contribution is -2.22. The molecule has 2 N–H and O–H groups in total. The number of amides is 1. The number of hydrogen-bond acceptors (Lipinski definition) is 2. The second kappa shape index (κ2) is 7.71. The van der Waals surface area contributed by atoms with Crippen molar-refractivity contribution in [3.05, 3.63) is 53.2 Å². The molecule has 10 heteroatoms. The molecule has 0 bridgehead atoms. The van der Waals surface area contributed by atoms with Crippen LogP contribution in [-0.2, 0) is 23.6 Å². The highest BCUT2D eigenvalue weighted by Crippen LogP contribution is 2.49. The summed E-state index contributed by atoms with van der Waals surface area (Å²) in [5, 5.41) is 2.84. The number of H-pyrrole nitrogens is 1. The second-order valence-electron chi connectivity index (χ2n) is 8.39. The first-order chi connectivity index (χ1) is 15.3. The number of ether oxygens (including phenoxy) is 1. The summed E-state index contributed by atoms with van der Waals surface area (Å²) in [6, 6.07) is 5.16. The molecule has 1 heterocycles.